The van der Waals surface area contributed by atoms with Crippen molar-refractivity contribution in [2.45, 2.75) is 52.6 Å². The summed E-state index contributed by atoms with van der Waals surface area (Å²) in [5.41, 5.74) is 6.15. The van der Waals surface area contributed by atoms with Crippen LogP contribution in [0.2, 0.25) is 0 Å². The molecule has 1 amide bonds. The first kappa shape index (κ1) is 15.4. The molecule has 106 valence electrons. The van der Waals surface area contributed by atoms with Gasteiger partial charge >= 0.3 is 0 Å². The van der Waals surface area contributed by atoms with Gasteiger partial charge < -0.3 is 10.6 Å². The molecule has 1 fully saturated rings. The zero-order valence-electron chi connectivity index (χ0n) is 12.6. The van der Waals surface area contributed by atoms with Gasteiger partial charge in [-0.1, -0.05) is 13.8 Å². The molecular formula is C14H29N3O. The summed E-state index contributed by atoms with van der Waals surface area (Å²) < 4.78 is 0. The maximum atomic E-state index is 12.2. The lowest BCUT2D eigenvalue weighted by molar-refractivity contribution is -0.135. The number of carbonyl (C=O) groups excluding carboxylic acids is 1. The number of carbonyl (C=O) groups is 1. The molecular weight excluding hydrogens is 226 g/mol. The summed E-state index contributed by atoms with van der Waals surface area (Å²) in [5.74, 6) is 0.595. The van der Waals surface area contributed by atoms with Crippen molar-refractivity contribution in [2.24, 2.45) is 11.7 Å². The molecule has 0 saturated carbocycles. The summed E-state index contributed by atoms with van der Waals surface area (Å²) in [4.78, 5) is 16.5. The van der Waals surface area contributed by atoms with Gasteiger partial charge in [0.25, 0.3) is 0 Å². The highest BCUT2D eigenvalue weighted by atomic mass is 16.2. The summed E-state index contributed by atoms with van der Waals surface area (Å²) in [6.45, 7) is 14.4. The van der Waals surface area contributed by atoms with Crippen LogP contribution in [0.4, 0.5) is 0 Å². The lowest BCUT2D eigenvalue weighted by atomic mass is 10.0. The zero-order chi connectivity index (χ0) is 13.9. The van der Waals surface area contributed by atoms with E-state index >= 15 is 0 Å². The number of hydrogen-bond donors (Lipinski definition) is 1. The van der Waals surface area contributed by atoms with Crippen LogP contribution in [0.3, 0.4) is 0 Å². The molecule has 0 spiro atoms. The number of hydrogen-bond acceptors (Lipinski definition) is 3. The molecule has 4 heteroatoms. The molecule has 1 atom stereocenters. The smallest absolute Gasteiger partial charge is 0.239 e. The Morgan fingerprint density at radius 1 is 1.17 bits per heavy atom. The molecule has 0 bridgehead atoms. The quantitative estimate of drug-likeness (QED) is 0.827. The van der Waals surface area contributed by atoms with E-state index in [-0.39, 0.29) is 17.5 Å². The van der Waals surface area contributed by atoms with Crippen LogP contribution in [0, 0.1) is 5.92 Å². The van der Waals surface area contributed by atoms with E-state index in [1.807, 2.05) is 4.90 Å². The fraction of sp³-hybridized carbons (Fsp3) is 0.929. The first-order valence-electron chi connectivity index (χ1n) is 7.01. The fourth-order valence-corrected chi connectivity index (χ4v) is 2.44. The van der Waals surface area contributed by atoms with E-state index in [1.54, 1.807) is 0 Å². The summed E-state index contributed by atoms with van der Waals surface area (Å²) in [6, 6.07) is -0.328. The van der Waals surface area contributed by atoms with Crippen molar-refractivity contribution in [3.05, 3.63) is 0 Å². The zero-order valence-corrected chi connectivity index (χ0v) is 12.6. The third kappa shape index (κ3) is 4.25. The monoisotopic (exact) mass is 255 g/mol. The highest BCUT2D eigenvalue weighted by Gasteiger charge is 2.29. The van der Waals surface area contributed by atoms with Gasteiger partial charge in [0.15, 0.2) is 0 Å². The van der Waals surface area contributed by atoms with Crippen molar-refractivity contribution in [2.75, 3.05) is 26.2 Å². The van der Waals surface area contributed by atoms with Crippen LogP contribution >= 0.6 is 0 Å². The van der Waals surface area contributed by atoms with Crippen molar-refractivity contribution in [3.8, 4) is 0 Å². The molecule has 18 heavy (non-hydrogen) atoms. The number of nitrogens with zero attached hydrogens (tertiary/aromatic N) is 2. The minimum Gasteiger partial charge on any atom is -0.339 e. The second-order valence-electron chi connectivity index (χ2n) is 6.72. The average Bonchev–Trinajstić information content (AvgIpc) is 2.26. The van der Waals surface area contributed by atoms with Gasteiger partial charge in [0.2, 0.25) is 5.91 Å². The lowest BCUT2D eigenvalue weighted by Gasteiger charge is -2.42. The van der Waals surface area contributed by atoms with E-state index in [1.165, 1.54) is 0 Å². The molecule has 2 N–H and O–H groups in total. The summed E-state index contributed by atoms with van der Waals surface area (Å²) >= 11 is 0. The maximum absolute atomic E-state index is 12.2. The van der Waals surface area contributed by atoms with E-state index in [4.69, 9.17) is 5.73 Å². The van der Waals surface area contributed by atoms with Crippen molar-refractivity contribution in [1.82, 2.24) is 9.80 Å². The lowest BCUT2D eigenvalue weighted by Crippen LogP contribution is -2.57. The molecule has 1 aliphatic rings. The van der Waals surface area contributed by atoms with Crippen molar-refractivity contribution in [1.29, 1.82) is 0 Å². The minimum absolute atomic E-state index is 0.122. The number of amides is 1. The maximum Gasteiger partial charge on any atom is 0.239 e. The molecule has 1 saturated heterocycles. The first-order chi connectivity index (χ1) is 8.21. The van der Waals surface area contributed by atoms with Crippen LogP contribution in [0.15, 0.2) is 0 Å². The van der Waals surface area contributed by atoms with Crippen LogP contribution < -0.4 is 5.73 Å². The van der Waals surface area contributed by atoms with Gasteiger partial charge in [0.05, 0.1) is 6.04 Å². The molecule has 1 unspecified atom stereocenters. The molecule has 4 nitrogen and oxygen atoms in total. The third-order valence-electron chi connectivity index (χ3n) is 3.58. The molecule has 0 radical (unpaired) electrons. The Morgan fingerprint density at radius 3 is 2.06 bits per heavy atom. The van der Waals surface area contributed by atoms with E-state index in [9.17, 15) is 4.79 Å². The molecule has 1 aliphatic heterocycles. The number of rotatable bonds is 3. The van der Waals surface area contributed by atoms with E-state index in [0.717, 1.165) is 32.6 Å². The Kier molecular flexibility index (Phi) is 5.17. The fourth-order valence-electron chi connectivity index (χ4n) is 2.44. The van der Waals surface area contributed by atoms with Gasteiger partial charge in [-0.15, -0.1) is 0 Å². The number of nitrogens with two attached hydrogens (primary N) is 1. The van der Waals surface area contributed by atoms with Gasteiger partial charge in [-0.05, 0) is 33.1 Å². The number of piperazine rings is 1. The van der Waals surface area contributed by atoms with Crippen LogP contribution in [0.1, 0.15) is 41.0 Å². The second kappa shape index (κ2) is 6.02. The predicted molar refractivity (Wildman–Crippen MR) is 75.3 cm³/mol. The van der Waals surface area contributed by atoms with Crippen molar-refractivity contribution in [3.63, 3.8) is 0 Å². The molecule has 0 aromatic carbocycles. The summed E-state index contributed by atoms with van der Waals surface area (Å²) in [5, 5.41) is 0. The minimum atomic E-state index is -0.328. The Morgan fingerprint density at radius 2 is 1.67 bits per heavy atom. The summed E-state index contributed by atoms with van der Waals surface area (Å²) in [6.07, 6.45) is 0.776. The molecule has 1 heterocycles. The van der Waals surface area contributed by atoms with Gasteiger partial charge in [0.1, 0.15) is 0 Å². The van der Waals surface area contributed by atoms with Crippen molar-refractivity contribution < 1.29 is 4.79 Å². The topological polar surface area (TPSA) is 49.6 Å². The molecule has 0 aromatic rings. The Hall–Kier alpha value is -0.610. The highest BCUT2D eigenvalue weighted by Crippen LogP contribution is 2.16. The van der Waals surface area contributed by atoms with E-state index in [2.05, 4.69) is 39.5 Å². The Labute approximate surface area is 111 Å². The van der Waals surface area contributed by atoms with Crippen LogP contribution in [0.25, 0.3) is 0 Å². The van der Waals surface area contributed by atoms with E-state index < -0.39 is 0 Å². The van der Waals surface area contributed by atoms with Crippen molar-refractivity contribution >= 4 is 5.91 Å². The van der Waals surface area contributed by atoms with Crippen LogP contribution in [-0.4, -0.2) is 53.5 Å². The predicted octanol–water partition coefficient (Wildman–Crippen LogP) is 1.30. The van der Waals surface area contributed by atoms with Gasteiger partial charge in [0, 0.05) is 31.7 Å². The Bertz CT molecular complexity index is 275. The van der Waals surface area contributed by atoms with Gasteiger partial charge in [-0.25, -0.2) is 0 Å². The third-order valence-corrected chi connectivity index (χ3v) is 3.58. The molecule has 0 aliphatic carbocycles. The van der Waals surface area contributed by atoms with Gasteiger partial charge in [-0.2, -0.15) is 0 Å². The average molecular weight is 255 g/mol. The second-order valence-corrected chi connectivity index (χ2v) is 6.72. The first-order valence-corrected chi connectivity index (χ1v) is 7.01. The highest BCUT2D eigenvalue weighted by molar-refractivity contribution is 5.81. The summed E-state index contributed by atoms with van der Waals surface area (Å²) in [7, 11) is 0. The van der Waals surface area contributed by atoms with E-state index in [0.29, 0.717) is 5.92 Å². The largest absolute Gasteiger partial charge is 0.339 e. The van der Waals surface area contributed by atoms with Gasteiger partial charge in [-0.3, -0.25) is 9.69 Å². The van der Waals surface area contributed by atoms with Crippen LogP contribution in [-0.2, 0) is 4.79 Å². The van der Waals surface area contributed by atoms with Crippen LogP contribution in [0.5, 0.6) is 0 Å². The SMILES string of the molecule is CC(C)CC(N)C(=O)N1CCN(C(C)(C)C)CC1. The normalized spacial score (nSPS) is 20.3. The Balaban J connectivity index is 2.45. The standard InChI is InChI=1S/C14H29N3O/c1-11(2)10-12(15)13(18)16-6-8-17(9-7-16)14(3,4)5/h11-12H,6-10,15H2,1-5H3. The molecule has 1 rings (SSSR count). The molecule has 0 aromatic heterocycles.